The number of hydrogen-bond acceptors (Lipinski definition) is 3. The summed E-state index contributed by atoms with van der Waals surface area (Å²) in [5.74, 6) is 0. The summed E-state index contributed by atoms with van der Waals surface area (Å²) in [5.41, 5.74) is 0. The zero-order valence-electron chi connectivity index (χ0n) is 11.1. The van der Waals surface area contributed by atoms with E-state index >= 15 is 0 Å². The highest BCUT2D eigenvalue weighted by molar-refractivity contribution is 7.89. The average molecular weight is 307 g/mol. The third-order valence-corrected chi connectivity index (χ3v) is 6.36. The molecule has 0 bridgehead atoms. The summed E-state index contributed by atoms with van der Waals surface area (Å²) >= 11 is 1.68. The first-order chi connectivity index (χ1) is 9.68. The minimum atomic E-state index is -3.35. The van der Waals surface area contributed by atoms with E-state index < -0.39 is 10.0 Å². The molecule has 20 heavy (non-hydrogen) atoms. The smallest absolute Gasteiger partial charge is 0.207 e. The number of hydrogen-bond donors (Lipinski definition) is 0. The van der Waals surface area contributed by atoms with Gasteiger partial charge in [0, 0.05) is 17.5 Å². The van der Waals surface area contributed by atoms with Crippen molar-refractivity contribution < 1.29 is 8.42 Å². The van der Waals surface area contributed by atoms with Crippen LogP contribution in [0.2, 0.25) is 0 Å². The number of thiophene rings is 1. The highest BCUT2D eigenvalue weighted by Gasteiger charge is 2.37. The SMILES string of the molecule is O=S(=O)(c1ccccc1)N(CCc1cccs1)C1CC1. The summed E-state index contributed by atoms with van der Waals surface area (Å²) in [5, 5.41) is 2.03. The van der Waals surface area contributed by atoms with E-state index in [1.54, 1.807) is 39.9 Å². The molecule has 1 fully saturated rings. The zero-order valence-corrected chi connectivity index (χ0v) is 12.7. The van der Waals surface area contributed by atoms with Crippen molar-refractivity contribution in [1.82, 2.24) is 4.31 Å². The van der Waals surface area contributed by atoms with Crippen LogP contribution in [-0.2, 0) is 16.4 Å². The molecule has 0 unspecified atom stereocenters. The van der Waals surface area contributed by atoms with E-state index in [2.05, 4.69) is 6.07 Å². The summed E-state index contributed by atoms with van der Waals surface area (Å²) in [4.78, 5) is 1.64. The van der Waals surface area contributed by atoms with Crippen LogP contribution in [0.15, 0.2) is 52.7 Å². The second-order valence-electron chi connectivity index (χ2n) is 4.99. The lowest BCUT2D eigenvalue weighted by Gasteiger charge is -2.21. The number of sulfonamides is 1. The van der Waals surface area contributed by atoms with Gasteiger partial charge in [-0.15, -0.1) is 11.3 Å². The van der Waals surface area contributed by atoms with Gasteiger partial charge < -0.3 is 0 Å². The van der Waals surface area contributed by atoms with E-state index in [0.29, 0.717) is 11.4 Å². The monoisotopic (exact) mass is 307 g/mol. The maximum Gasteiger partial charge on any atom is 0.243 e. The molecular weight excluding hydrogens is 290 g/mol. The van der Waals surface area contributed by atoms with Gasteiger partial charge in [-0.2, -0.15) is 4.31 Å². The van der Waals surface area contributed by atoms with Crippen molar-refractivity contribution >= 4 is 21.4 Å². The predicted octanol–water partition coefficient (Wildman–Crippen LogP) is 3.14. The number of nitrogens with zero attached hydrogens (tertiary/aromatic N) is 1. The molecule has 0 radical (unpaired) electrons. The molecule has 0 amide bonds. The number of benzene rings is 1. The van der Waals surface area contributed by atoms with Crippen LogP contribution in [0.25, 0.3) is 0 Å². The van der Waals surface area contributed by atoms with Gasteiger partial charge in [-0.25, -0.2) is 8.42 Å². The van der Waals surface area contributed by atoms with Crippen molar-refractivity contribution in [3.05, 3.63) is 52.7 Å². The van der Waals surface area contributed by atoms with Gasteiger partial charge in [0.2, 0.25) is 10.0 Å². The molecule has 1 aliphatic rings. The second-order valence-corrected chi connectivity index (χ2v) is 7.91. The quantitative estimate of drug-likeness (QED) is 0.822. The van der Waals surface area contributed by atoms with Crippen molar-refractivity contribution in [3.8, 4) is 0 Å². The Balaban J connectivity index is 1.80. The summed E-state index contributed by atoms with van der Waals surface area (Å²) in [7, 11) is -3.35. The van der Waals surface area contributed by atoms with Crippen LogP contribution >= 0.6 is 11.3 Å². The van der Waals surface area contributed by atoms with Crippen LogP contribution in [0.1, 0.15) is 17.7 Å². The largest absolute Gasteiger partial charge is 0.243 e. The fourth-order valence-electron chi connectivity index (χ4n) is 2.26. The Morgan fingerprint density at radius 2 is 1.85 bits per heavy atom. The van der Waals surface area contributed by atoms with Gasteiger partial charge in [-0.05, 0) is 42.8 Å². The third-order valence-electron chi connectivity index (χ3n) is 3.46. The van der Waals surface area contributed by atoms with Gasteiger partial charge in [-0.3, -0.25) is 0 Å². The maximum absolute atomic E-state index is 12.7. The van der Waals surface area contributed by atoms with Crippen LogP contribution < -0.4 is 0 Å². The van der Waals surface area contributed by atoms with E-state index in [1.807, 2.05) is 17.5 Å². The molecule has 1 aromatic heterocycles. The Hall–Kier alpha value is -1.17. The molecule has 3 rings (SSSR count). The fourth-order valence-corrected chi connectivity index (χ4v) is 4.67. The first-order valence-electron chi connectivity index (χ1n) is 6.77. The summed E-state index contributed by atoms with van der Waals surface area (Å²) in [6.07, 6.45) is 2.76. The van der Waals surface area contributed by atoms with Gasteiger partial charge in [0.1, 0.15) is 0 Å². The molecule has 0 aliphatic heterocycles. The lowest BCUT2D eigenvalue weighted by Crippen LogP contribution is -2.34. The number of rotatable bonds is 6. The molecule has 2 aromatic rings. The molecule has 1 saturated carbocycles. The highest BCUT2D eigenvalue weighted by atomic mass is 32.2. The third kappa shape index (κ3) is 2.95. The van der Waals surface area contributed by atoms with Crippen LogP contribution in [-0.4, -0.2) is 25.3 Å². The Bertz CT molecular complexity index is 646. The molecule has 3 nitrogen and oxygen atoms in total. The normalized spacial score (nSPS) is 15.7. The molecule has 106 valence electrons. The van der Waals surface area contributed by atoms with Crippen molar-refractivity contribution in [2.75, 3.05) is 6.54 Å². The lowest BCUT2D eigenvalue weighted by atomic mass is 10.3. The van der Waals surface area contributed by atoms with Gasteiger partial charge in [0.15, 0.2) is 0 Å². The molecule has 0 N–H and O–H groups in total. The first-order valence-corrected chi connectivity index (χ1v) is 9.09. The van der Waals surface area contributed by atoms with Crippen LogP contribution in [0.5, 0.6) is 0 Å². The van der Waals surface area contributed by atoms with Crippen molar-refractivity contribution in [3.63, 3.8) is 0 Å². The van der Waals surface area contributed by atoms with Crippen LogP contribution in [0, 0.1) is 0 Å². The summed E-state index contributed by atoms with van der Waals surface area (Å²) in [6, 6.07) is 13.0. The molecule has 0 spiro atoms. The molecule has 0 saturated heterocycles. The first kappa shape index (κ1) is 13.8. The van der Waals surface area contributed by atoms with Crippen LogP contribution in [0.4, 0.5) is 0 Å². The Morgan fingerprint density at radius 3 is 2.45 bits per heavy atom. The molecule has 1 heterocycles. The van der Waals surface area contributed by atoms with Crippen molar-refractivity contribution in [1.29, 1.82) is 0 Å². The van der Waals surface area contributed by atoms with Gasteiger partial charge in [0.25, 0.3) is 0 Å². The minimum Gasteiger partial charge on any atom is -0.207 e. The minimum absolute atomic E-state index is 0.195. The van der Waals surface area contributed by atoms with E-state index in [4.69, 9.17) is 0 Å². The van der Waals surface area contributed by atoms with Crippen molar-refractivity contribution in [2.45, 2.75) is 30.2 Å². The van der Waals surface area contributed by atoms with Crippen molar-refractivity contribution in [2.24, 2.45) is 0 Å². The predicted molar refractivity (Wildman–Crippen MR) is 81.4 cm³/mol. The summed E-state index contributed by atoms with van der Waals surface area (Å²) in [6.45, 7) is 0.572. The van der Waals surface area contributed by atoms with Gasteiger partial charge in [0.05, 0.1) is 4.90 Å². The van der Waals surface area contributed by atoms with E-state index in [1.165, 1.54) is 4.88 Å². The fraction of sp³-hybridized carbons (Fsp3) is 0.333. The Kier molecular flexibility index (Phi) is 3.92. The molecule has 5 heteroatoms. The second kappa shape index (κ2) is 5.68. The van der Waals surface area contributed by atoms with E-state index in [9.17, 15) is 8.42 Å². The van der Waals surface area contributed by atoms with E-state index in [-0.39, 0.29) is 6.04 Å². The summed E-state index contributed by atoms with van der Waals surface area (Å²) < 4.78 is 27.1. The standard InChI is InChI=1S/C15H17NO2S2/c17-20(18,15-6-2-1-3-7-15)16(13-8-9-13)11-10-14-5-4-12-19-14/h1-7,12-13H,8-11H2. The Morgan fingerprint density at radius 1 is 1.10 bits per heavy atom. The molecule has 1 aliphatic carbocycles. The maximum atomic E-state index is 12.7. The zero-order chi connectivity index (χ0) is 14.0. The average Bonchev–Trinajstić information content (AvgIpc) is 3.15. The molecular formula is C15H17NO2S2. The molecule has 0 atom stereocenters. The van der Waals surface area contributed by atoms with E-state index in [0.717, 1.165) is 19.3 Å². The highest BCUT2D eigenvalue weighted by Crippen LogP contribution is 2.32. The lowest BCUT2D eigenvalue weighted by molar-refractivity contribution is 0.408. The topological polar surface area (TPSA) is 37.4 Å². The van der Waals surface area contributed by atoms with Crippen LogP contribution in [0.3, 0.4) is 0 Å². The molecule has 1 aromatic carbocycles. The van der Waals surface area contributed by atoms with Gasteiger partial charge in [-0.1, -0.05) is 24.3 Å². The Labute approximate surface area is 123 Å². The van der Waals surface area contributed by atoms with Gasteiger partial charge >= 0.3 is 0 Å².